The van der Waals surface area contributed by atoms with Gasteiger partial charge in [0.1, 0.15) is 11.2 Å². The molecule has 0 spiro atoms. The zero-order valence-electron chi connectivity index (χ0n) is 34.6. The van der Waals surface area contributed by atoms with Crippen LogP contribution in [0.2, 0.25) is 0 Å². The summed E-state index contributed by atoms with van der Waals surface area (Å²) in [6.07, 6.45) is 0. The Labute approximate surface area is 367 Å². The van der Waals surface area contributed by atoms with Crippen LogP contribution < -0.4 is 0 Å². The maximum Gasteiger partial charge on any atom is 0.135 e. The number of rotatable bonds is 5. The lowest BCUT2D eigenvalue weighted by molar-refractivity contribution is 0.669. The van der Waals surface area contributed by atoms with Gasteiger partial charge < -0.3 is 18.1 Å². The maximum absolute atomic E-state index is 6.49. The molecule has 0 bridgehead atoms. The third-order valence-corrected chi connectivity index (χ3v) is 13.4. The first-order valence-corrected chi connectivity index (χ1v) is 21.9. The topological polar surface area (TPSA) is 27.9 Å². The summed E-state index contributed by atoms with van der Waals surface area (Å²) in [5.41, 5.74) is 17.1. The Morgan fingerprint density at radius 1 is 0.219 bits per heavy atom. The highest BCUT2D eigenvalue weighted by atomic mass is 16.3. The lowest BCUT2D eigenvalue weighted by atomic mass is 9.97. The number of hydrogen-bond donors (Lipinski definition) is 0. The molecule has 0 amide bonds. The molecule has 0 aliphatic carbocycles. The molecule has 4 aromatic heterocycles. The number of aromatic nitrogens is 3. The minimum atomic E-state index is 0.877. The lowest BCUT2D eigenvalue weighted by Gasteiger charge is -2.10. The molecule has 0 saturated heterocycles. The van der Waals surface area contributed by atoms with E-state index in [1.807, 2.05) is 0 Å². The first-order chi connectivity index (χ1) is 31.7. The maximum atomic E-state index is 6.49. The molecule has 0 unspecified atom stereocenters. The Bertz CT molecular complexity index is 4140. The van der Waals surface area contributed by atoms with Gasteiger partial charge in [-0.05, 0) is 125 Å². The number of nitrogens with zero attached hydrogens (tertiary/aromatic N) is 3. The van der Waals surface area contributed by atoms with Crippen LogP contribution >= 0.6 is 0 Å². The Kier molecular flexibility index (Phi) is 7.36. The second-order valence-corrected chi connectivity index (χ2v) is 16.9. The Balaban J connectivity index is 0.879. The molecule has 0 saturated carbocycles. The molecule has 298 valence electrons. The van der Waals surface area contributed by atoms with E-state index in [9.17, 15) is 0 Å². The summed E-state index contributed by atoms with van der Waals surface area (Å²) in [6, 6.07) is 81.5. The third-order valence-electron chi connectivity index (χ3n) is 13.4. The highest BCUT2D eigenvalue weighted by Crippen LogP contribution is 2.41. The highest BCUT2D eigenvalue weighted by molar-refractivity contribution is 6.14. The molecule has 14 rings (SSSR count). The summed E-state index contributed by atoms with van der Waals surface area (Å²) in [6.45, 7) is 0. The van der Waals surface area contributed by atoms with Gasteiger partial charge in [-0.3, -0.25) is 0 Å². The van der Waals surface area contributed by atoms with Crippen molar-refractivity contribution in [2.24, 2.45) is 0 Å². The van der Waals surface area contributed by atoms with Crippen LogP contribution in [0.1, 0.15) is 0 Å². The lowest BCUT2D eigenvalue weighted by Crippen LogP contribution is -1.94. The van der Waals surface area contributed by atoms with E-state index >= 15 is 0 Å². The van der Waals surface area contributed by atoms with Crippen LogP contribution in [-0.4, -0.2) is 13.7 Å². The number of para-hydroxylation sites is 5. The first-order valence-electron chi connectivity index (χ1n) is 21.9. The number of hydrogen-bond acceptors (Lipinski definition) is 1. The third kappa shape index (κ3) is 5.11. The molecule has 0 fully saturated rings. The minimum absolute atomic E-state index is 0.877. The zero-order valence-corrected chi connectivity index (χ0v) is 34.6. The van der Waals surface area contributed by atoms with Crippen molar-refractivity contribution in [2.75, 3.05) is 0 Å². The molecule has 4 heteroatoms. The molecule has 0 N–H and O–H groups in total. The average molecular weight is 816 g/mol. The van der Waals surface area contributed by atoms with E-state index in [-0.39, 0.29) is 0 Å². The summed E-state index contributed by atoms with van der Waals surface area (Å²) in [5, 5.41) is 9.65. The molecule has 10 aromatic carbocycles. The molecule has 0 radical (unpaired) electrons. The van der Waals surface area contributed by atoms with Gasteiger partial charge in [-0.15, -0.1) is 0 Å². The quantitative estimate of drug-likeness (QED) is 0.170. The van der Waals surface area contributed by atoms with Crippen molar-refractivity contribution in [2.45, 2.75) is 0 Å². The summed E-state index contributed by atoms with van der Waals surface area (Å²) in [4.78, 5) is 0. The second-order valence-electron chi connectivity index (χ2n) is 16.9. The molecule has 4 heterocycles. The van der Waals surface area contributed by atoms with Gasteiger partial charge >= 0.3 is 0 Å². The molecule has 0 aliphatic rings. The monoisotopic (exact) mass is 815 g/mol. The standard InChI is InChI=1S/C60H37N3O/c1-2-15-42(16-3-1)61-55-23-10-6-19-47(55)49-34-40(25-29-57(49)61)38-13-12-14-39(33-38)41-26-30-58-50(35-41)48-20-7-11-24-56(48)63(58)44-28-32-60-52(37-44)51-36-43(27-31-59(51)64-60)62-53-21-8-4-17-45(53)46-18-5-9-22-54(46)62/h1-37H. The summed E-state index contributed by atoms with van der Waals surface area (Å²) < 4.78 is 13.6. The van der Waals surface area contributed by atoms with Gasteiger partial charge in [0.15, 0.2) is 0 Å². The fraction of sp³-hybridized carbons (Fsp3) is 0. The zero-order chi connectivity index (χ0) is 41.9. The van der Waals surface area contributed by atoms with Gasteiger partial charge in [0.2, 0.25) is 0 Å². The Morgan fingerprint density at radius 3 is 1.06 bits per heavy atom. The van der Waals surface area contributed by atoms with Crippen LogP contribution in [0, 0.1) is 0 Å². The van der Waals surface area contributed by atoms with Gasteiger partial charge in [-0.25, -0.2) is 0 Å². The van der Waals surface area contributed by atoms with Crippen molar-refractivity contribution >= 4 is 87.4 Å². The van der Waals surface area contributed by atoms with E-state index < -0.39 is 0 Å². The van der Waals surface area contributed by atoms with Gasteiger partial charge in [-0.2, -0.15) is 0 Å². The van der Waals surface area contributed by atoms with Crippen molar-refractivity contribution in [1.29, 1.82) is 0 Å². The van der Waals surface area contributed by atoms with E-state index in [0.29, 0.717) is 0 Å². The molecule has 64 heavy (non-hydrogen) atoms. The molecular weight excluding hydrogens is 779 g/mol. The van der Waals surface area contributed by atoms with Crippen LogP contribution in [0.5, 0.6) is 0 Å². The second kappa shape index (κ2) is 13.4. The fourth-order valence-corrected chi connectivity index (χ4v) is 10.5. The van der Waals surface area contributed by atoms with Crippen molar-refractivity contribution in [1.82, 2.24) is 13.7 Å². The van der Waals surface area contributed by atoms with E-state index in [1.54, 1.807) is 0 Å². The SMILES string of the molecule is c1ccc(-n2c3ccccc3c3cc(-c4cccc(-c5ccc6c(c5)c5ccccc5n6-c5ccc6oc7ccc(-n8c9ccccc9c9ccccc98)cc7c6c5)c4)ccc32)cc1. The predicted molar refractivity (Wildman–Crippen MR) is 268 cm³/mol. The van der Waals surface area contributed by atoms with Gasteiger partial charge in [-0.1, -0.05) is 121 Å². The van der Waals surface area contributed by atoms with Crippen LogP contribution in [0.25, 0.3) is 127 Å². The van der Waals surface area contributed by atoms with E-state index in [0.717, 1.165) is 33.3 Å². The Hall–Kier alpha value is -8.60. The predicted octanol–water partition coefficient (Wildman–Crippen LogP) is 16.2. The van der Waals surface area contributed by atoms with Crippen molar-refractivity contribution in [3.63, 3.8) is 0 Å². The van der Waals surface area contributed by atoms with Crippen LogP contribution in [0.15, 0.2) is 229 Å². The van der Waals surface area contributed by atoms with Crippen molar-refractivity contribution < 1.29 is 4.42 Å². The number of benzene rings is 10. The molecular formula is C60H37N3O. The number of furan rings is 1. The molecule has 14 aromatic rings. The fourth-order valence-electron chi connectivity index (χ4n) is 10.5. The van der Waals surface area contributed by atoms with Crippen LogP contribution in [0.4, 0.5) is 0 Å². The van der Waals surface area contributed by atoms with Gasteiger partial charge in [0.05, 0.1) is 33.1 Å². The minimum Gasteiger partial charge on any atom is -0.456 e. The van der Waals surface area contributed by atoms with Crippen molar-refractivity contribution in [3.8, 4) is 39.3 Å². The van der Waals surface area contributed by atoms with E-state index in [4.69, 9.17) is 4.42 Å². The van der Waals surface area contributed by atoms with E-state index in [1.165, 1.54) is 93.4 Å². The Morgan fingerprint density at radius 2 is 0.594 bits per heavy atom. The number of fused-ring (bicyclic) bond motifs is 12. The highest BCUT2D eigenvalue weighted by Gasteiger charge is 2.18. The van der Waals surface area contributed by atoms with E-state index in [2.05, 4.69) is 238 Å². The largest absolute Gasteiger partial charge is 0.456 e. The summed E-state index contributed by atoms with van der Waals surface area (Å²) in [5.74, 6) is 0. The molecule has 0 aliphatic heterocycles. The average Bonchev–Trinajstić information content (AvgIpc) is 4.10. The molecule has 0 atom stereocenters. The van der Waals surface area contributed by atoms with Crippen LogP contribution in [0.3, 0.4) is 0 Å². The van der Waals surface area contributed by atoms with Crippen molar-refractivity contribution in [3.05, 3.63) is 224 Å². The van der Waals surface area contributed by atoms with Gasteiger partial charge in [0.25, 0.3) is 0 Å². The van der Waals surface area contributed by atoms with Crippen LogP contribution in [-0.2, 0) is 0 Å². The normalized spacial score (nSPS) is 12.1. The first kappa shape index (κ1) is 35.0. The summed E-state index contributed by atoms with van der Waals surface area (Å²) >= 11 is 0. The smallest absolute Gasteiger partial charge is 0.135 e. The van der Waals surface area contributed by atoms with Gasteiger partial charge in [0, 0.05) is 60.2 Å². The summed E-state index contributed by atoms with van der Waals surface area (Å²) in [7, 11) is 0. The molecule has 4 nitrogen and oxygen atoms in total.